The van der Waals surface area contributed by atoms with Gasteiger partial charge in [-0.05, 0) is 35.2 Å². The van der Waals surface area contributed by atoms with Crippen LogP contribution in [0, 0.1) is 5.82 Å². The molecule has 2 heterocycles. The quantitative estimate of drug-likeness (QED) is 0.258. The Balaban J connectivity index is 2.03. The molecule has 0 aliphatic carbocycles. The molecule has 2 aromatic heterocycles. The van der Waals surface area contributed by atoms with Crippen LogP contribution >= 0.6 is 0 Å². The first-order chi connectivity index (χ1) is 17.3. The standard InChI is InChI=1S/C27H23FN3O5/c1-2-19-21(13-16-6-4-3-5-7-16)31-26(25(19)29)27(36-15-23(34)35)24(22(33)14-32)20(30-31)12-17-8-10-18(28)11-9-17/h3-11H,2,12-13,15,29H2,1H3,(H,34,35). The van der Waals surface area contributed by atoms with Crippen LogP contribution in [0.4, 0.5) is 10.1 Å². The van der Waals surface area contributed by atoms with E-state index in [-0.39, 0.29) is 34.6 Å². The van der Waals surface area contributed by atoms with Crippen molar-refractivity contribution in [3.63, 3.8) is 0 Å². The van der Waals surface area contributed by atoms with Gasteiger partial charge in [0.05, 0.1) is 22.6 Å². The number of benzene rings is 2. The van der Waals surface area contributed by atoms with Gasteiger partial charge in [-0.2, -0.15) is 5.10 Å². The summed E-state index contributed by atoms with van der Waals surface area (Å²) in [5, 5.41) is 13.9. The Hall–Kier alpha value is -4.53. The van der Waals surface area contributed by atoms with Crippen molar-refractivity contribution in [2.75, 3.05) is 12.3 Å². The van der Waals surface area contributed by atoms with Gasteiger partial charge in [-0.25, -0.2) is 13.7 Å². The third kappa shape index (κ3) is 4.81. The Morgan fingerprint density at radius 2 is 1.75 bits per heavy atom. The van der Waals surface area contributed by atoms with E-state index in [0.29, 0.717) is 18.4 Å². The number of aliphatic carboxylic acids is 1. The largest absolute Gasteiger partial charge is 0.479 e. The smallest absolute Gasteiger partial charge is 0.341 e. The number of hydrogen-bond acceptors (Lipinski definition) is 6. The van der Waals surface area contributed by atoms with Gasteiger partial charge in [0.25, 0.3) is 6.29 Å². The number of anilines is 1. The number of ether oxygens (including phenoxy) is 1. The van der Waals surface area contributed by atoms with Gasteiger partial charge >= 0.3 is 5.97 Å². The molecule has 9 heteroatoms. The summed E-state index contributed by atoms with van der Waals surface area (Å²) in [6.07, 6.45) is 2.37. The van der Waals surface area contributed by atoms with Gasteiger partial charge < -0.3 is 15.6 Å². The number of carboxylic acids is 1. The van der Waals surface area contributed by atoms with Crippen LogP contribution in [0.15, 0.2) is 54.6 Å². The Morgan fingerprint density at radius 1 is 1.08 bits per heavy atom. The van der Waals surface area contributed by atoms with E-state index in [9.17, 15) is 23.9 Å². The average Bonchev–Trinajstić information content (AvgIpc) is 3.13. The van der Waals surface area contributed by atoms with Crippen molar-refractivity contribution < 1.29 is 28.6 Å². The van der Waals surface area contributed by atoms with Crippen molar-refractivity contribution in [1.29, 1.82) is 0 Å². The highest BCUT2D eigenvalue weighted by molar-refractivity contribution is 6.35. The van der Waals surface area contributed by atoms with E-state index >= 15 is 0 Å². The fourth-order valence-electron chi connectivity index (χ4n) is 4.27. The number of carbonyl (C=O) groups excluding carboxylic acids is 2. The number of rotatable bonds is 10. The zero-order chi connectivity index (χ0) is 25.8. The number of carbonyl (C=O) groups is 2. The first-order valence-corrected chi connectivity index (χ1v) is 11.2. The van der Waals surface area contributed by atoms with Gasteiger partial charge in [0.1, 0.15) is 11.3 Å². The molecule has 0 saturated carbocycles. The number of aromatic nitrogens is 2. The van der Waals surface area contributed by atoms with E-state index in [1.165, 1.54) is 30.6 Å². The maximum Gasteiger partial charge on any atom is 0.341 e. The predicted molar refractivity (Wildman–Crippen MR) is 131 cm³/mol. The molecule has 0 amide bonds. The molecule has 8 nitrogen and oxygen atoms in total. The van der Waals surface area contributed by atoms with Crippen LogP contribution in [0.1, 0.15) is 45.4 Å². The van der Waals surface area contributed by atoms with E-state index in [1.54, 1.807) is 4.52 Å². The Bertz CT molecular complexity index is 1450. The highest BCUT2D eigenvalue weighted by atomic mass is 19.1. The summed E-state index contributed by atoms with van der Waals surface area (Å²) in [6, 6.07) is 15.2. The lowest BCUT2D eigenvalue weighted by atomic mass is 10.0. The second kappa shape index (κ2) is 10.4. The first-order valence-electron chi connectivity index (χ1n) is 11.2. The van der Waals surface area contributed by atoms with Crippen LogP contribution < -0.4 is 10.5 Å². The molecule has 1 radical (unpaired) electrons. The van der Waals surface area contributed by atoms with Gasteiger partial charge in [-0.1, -0.05) is 49.4 Å². The van der Waals surface area contributed by atoms with Crippen molar-refractivity contribution in [3.8, 4) is 5.75 Å². The summed E-state index contributed by atoms with van der Waals surface area (Å²) in [6.45, 7) is 1.15. The number of carboxylic acid groups (broad SMARTS) is 1. The molecule has 0 spiro atoms. The lowest BCUT2D eigenvalue weighted by Gasteiger charge is -2.15. The molecule has 36 heavy (non-hydrogen) atoms. The maximum absolute atomic E-state index is 13.5. The third-order valence-electron chi connectivity index (χ3n) is 5.86. The molecular weight excluding hydrogens is 465 g/mol. The summed E-state index contributed by atoms with van der Waals surface area (Å²) < 4.78 is 20.6. The number of hydrogen-bond donors (Lipinski definition) is 2. The van der Waals surface area contributed by atoms with Crippen LogP contribution in [-0.4, -0.2) is 39.4 Å². The topological polar surface area (TPSA) is 124 Å². The number of halogens is 1. The van der Waals surface area contributed by atoms with Gasteiger partial charge in [-0.15, -0.1) is 0 Å². The summed E-state index contributed by atoms with van der Waals surface area (Å²) in [5.41, 5.74) is 10.0. The minimum atomic E-state index is -1.27. The van der Waals surface area contributed by atoms with E-state index in [2.05, 4.69) is 0 Å². The number of nitrogens with zero attached hydrogens (tertiary/aromatic N) is 2. The summed E-state index contributed by atoms with van der Waals surface area (Å²) in [4.78, 5) is 35.6. The molecule has 4 aromatic rings. The molecule has 0 saturated heterocycles. The van der Waals surface area contributed by atoms with Crippen LogP contribution in [-0.2, 0) is 28.9 Å². The van der Waals surface area contributed by atoms with Gasteiger partial charge in [-0.3, -0.25) is 9.59 Å². The summed E-state index contributed by atoms with van der Waals surface area (Å²) in [5.74, 6) is -2.90. The van der Waals surface area contributed by atoms with Crippen molar-refractivity contribution >= 4 is 29.2 Å². The number of ketones is 1. The zero-order valence-corrected chi connectivity index (χ0v) is 19.5. The molecular formula is C27H23FN3O5. The number of nitrogen functional groups attached to an aromatic ring is 1. The second-order valence-electron chi connectivity index (χ2n) is 8.18. The highest BCUT2D eigenvalue weighted by Crippen LogP contribution is 2.38. The van der Waals surface area contributed by atoms with Crippen LogP contribution in [0.3, 0.4) is 0 Å². The Labute approximate surface area is 206 Å². The minimum Gasteiger partial charge on any atom is -0.479 e. The summed E-state index contributed by atoms with van der Waals surface area (Å²) in [7, 11) is 0. The van der Waals surface area contributed by atoms with Crippen molar-refractivity contribution in [2.24, 2.45) is 0 Å². The third-order valence-corrected chi connectivity index (χ3v) is 5.86. The van der Waals surface area contributed by atoms with Gasteiger partial charge in [0.15, 0.2) is 12.4 Å². The number of nitrogens with two attached hydrogens (primary N) is 1. The molecule has 0 atom stereocenters. The maximum atomic E-state index is 13.5. The van der Waals surface area contributed by atoms with Gasteiger partial charge in [0.2, 0.25) is 5.78 Å². The molecule has 3 N–H and O–H groups in total. The Kier molecular flexibility index (Phi) is 7.10. The molecule has 183 valence electrons. The summed E-state index contributed by atoms with van der Waals surface area (Å²) >= 11 is 0. The first kappa shape index (κ1) is 24.6. The molecule has 4 rings (SSSR count). The predicted octanol–water partition coefficient (Wildman–Crippen LogP) is 3.56. The number of fused-ring (bicyclic) bond motifs is 1. The monoisotopic (exact) mass is 488 g/mol. The average molecular weight is 488 g/mol. The molecule has 0 unspecified atom stereocenters. The van der Waals surface area contributed by atoms with Gasteiger partial charge in [0, 0.05) is 12.8 Å². The molecule has 0 aliphatic heterocycles. The fraction of sp³-hybridized carbons (Fsp3) is 0.185. The Morgan fingerprint density at radius 3 is 2.36 bits per heavy atom. The molecule has 2 aromatic carbocycles. The van der Waals surface area contributed by atoms with Crippen LogP contribution in [0.5, 0.6) is 5.75 Å². The lowest BCUT2D eigenvalue weighted by Crippen LogP contribution is -2.18. The SMILES string of the molecule is CCc1c(N)c2c(OCC(=O)O)c(C(=O)[C]=O)c(Cc3ccc(F)cc3)nn2c1Cc1ccccc1. The van der Waals surface area contributed by atoms with Crippen molar-refractivity contribution in [2.45, 2.75) is 26.2 Å². The van der Waals surface area contributed by atoms with E-state index < -0.39 is 24.2 Å². The number of Topliss-reactive ketones (excluding diaryl/α,β-unsaturated/α-hetero) is 1. The second-order valence-corrected chi connectivity index (χ2v) is 8.18. The molecule has 0 aliphatic rings. The normalized spacial score (nSPS) is 10.9. The van der Waals surface area contributed by atoms with E-state index in [1.807, 2.05) is 37.3 Å². The minimum absolute atomic E-state index is 0.0483. The molecule has 0 fully saturated rings. The zero-order valence-electron chi connectivity index (χ0n) is 19.5. The van der Waals surface area contributed by atoms with Crippen molar-refractivity contribution in [3.05, 3.63) is 94.1 Å². The van der Waals surface area contributed by atoms with Crippen LogP contribution in [0.2, 0.25) is 0 Å². The van der Waals surface area contributed by atoms with E-state index in [4.69, 9.17) is 15.6 Å². The van der Waals surface area contributed by atoms with Crippen LogP contribution in [0.25, 0.3) is 5.52 Å². The van der Waals surface area contributed by atoms with Crippen molar-refractivity contribution in [1.82, 2.24) is 9.61 Å². The molecule has 0 bridgehead atoms. The fourth-order valence-corrected chi connectivity index (χ4v) is 4.27. The highest BCUT2D eigenvalue weighted by Gasteiger charge is 2.29. The van der Waals surface area contributed by atoms with E-state index in [0.717, 1.165) is 16.8 Å². The lowest BCUT2D eigenvalue weighted by molar-refractivity contribution is -0.139.